The maximum absolute atomic E-state index is 13.7. The average Bonchev–Trinajstić information content (AvgIpc) is 3.22. The quantitative estimate of drug-likeness (QED) is 0.925. The lowest BCUT2D eigenvalue weighted by Gasteiger charge is -2.24. The molecule has 1 aromatic rings. The molecule has 1 saturated heterocycles. The zero-order valence-electron chi connectivity index (χ0n) is 12.8. The van der Waals surface area contributed by atoms with Crippen LogP contribution in [0.4, 0.5) is 14.5 Å². The molecule has 1 heterocycles. The molecule has 1 atom stereocenters. The van der Waals surface area contributed by atoms with Crippen LogP contribution >= 0.6 is 0 Å². The van der Waals surface area contributed by atoms with Gasteiger partial charge in [0.1, 0.15) is 6.04 Å². The fourth-order valence-electron chi connectivity index (χ4n) is 2.92. The van der Waals surface area contributed by atoms with Gasteiger partial charge in [0, 0.05) is 30.3 Å². The van der Waals surface area contributed by atoms with E-state index >= 15 is 0 Å². The highest BCUT2D eigenvalue weighted by atomic mass is 19.1. The molecule has 0 aromatic heterocycles. The van der Waals surface area contributed by atoms with Crippen molar-refractivity contribution in [3.05, 3.63) is 23.8 Å². The lowest BCUT2D eigenvalue weighted by molar-refractivity contribution is -0.137. The van der Waals surface area contributed by atoms with Crippen LogP contribution in [0.5, 0.6) is 5.75 Å². The normalized spacial score (nSPS) is 20.5. The first kappa shape index (κ1) is 15.7. The number of carbonyl (C=O) groups is 2. The molecule has 0 unspecified atom stereocenters. The molecular weight excluding hydrogens is 306 g/mol. The first-order valence-corrected chi connectivity index (χ1v) is 7.65. The summed E-state index contributed by atoms with van der Waals surface area (Å²) in [6.45, 7) is 0.554. The van der Waals surface area contributed by atoms with Crippen LogP contribution in [0.25, 0.3) is 0 Å². The fourth-order valence-corrected chi connectivity index (χ4v) is 2.92. The van der Waals surface area contributed by atoms with Crippen molar-refractivity contribution in [2.45, 2.75) is 31.7 Å². The van der Waals surface area contributed by atoms with E-state index in [1.807, 2.05) is 0 Å². The molecule has 2 fully saturated rings. The van der Waals surface area contributed by atoms with Crippen LogP contribution in [-0.2, 0) is 9.59 Å². The summed E-state index contributed by atoms with van der Waals surface area (Å²) in [5.41, 5.74) is 0.0107. The summed E-state index contributed by atoms with van der Waals surface area (Å²) in [6, 6.07) is 1.43. The maximum Gasteiger partial charge on any atom is 0.247 e. The van der Waals surface area contributed by atoms with Crippen molar-refractivity contribution in [1.29, 1.82) is 0 Å². The van der Waals surface area contributed by atoms with Crippen molar-refractivity contribution >= 4 is 17.5 Å². The summed E-state index contributed by atoms with van der Waals surface area (Å²) in [6.07, 6.45) is 3.06. The third-order valence-electron chi connectivity index (χ3n) is 4.24. The molecule has 1 aromatic carbocycles. The van der Waals surface area contributed by atoms with Crippen molar-refractivity contribution in [2.75, 3.05) is 19.0 Å². The number of likely N-dealkylation sites (tertiary alicyclic amines) is 1. The van der Waals surface area contributed by atoms with Crippen molar-refractivity contribution in [3.63, 3.8) is 0 Å². The number of ether oxygens (including phenoxy) is 1. The van der Waals surface area contributed by atoms with E-state index in [1.54, 1.807) is 4.90 Å². The Labute approximate surface area is 132 Å². The molecule has 0 radical (unpaired) electrons. The first-order chi connectivity index (χ1) is 11.0. The van der Waals surface area contributed by atoms with Gasteiger partial charge in [0.25, 0.3) is 0 Å². The van der Waals surface area contributed by atoms with Crippen LogP contribution in [0.3, 0.4) is 0 Å². The van der Waals surface area contributed by atoms with Gasteiger partial charge in [-0.25, -0.2) is 8.78 Å². The van der Waals surface area contributed by atoms with Crippen LogP contribution in [-0.4, -0.2) is 36.4 Å². The van der Waals surface area contributed by atoms with E-state index in [4.69, 9.17) is 0 Å². The van der Waals surface area contributed by atoms with E-state index in [2.05, 4.69) is 10.1 Å². The van der Waals surface area contributed by atoms with E-state index in [1.165, 1.54) is 7.11 Å². The van der Waals surface area contributed by atoms with Gasteiger partial charge in [-0.1, -0.05) is 0 Å². The van der Waals surface area contributed by atoms with E-state index in [0.29, 0.717) is 13.0 Å². The second-order valence-corrected chi connectivity index (χ2v) is 5.93. The second kappa shape index (κ2) is 6.14. The summed E-state index contributed by atoms with van der Waals surface area (Å²) in [5.74, 6) is -2.64. The Morgan fingerprint density at radius 3 is 2.43 bits per heavy atom. The zero-order valence-corrected chi connectivity index (χ0v) is 12.8. The molecule has 5 nitrogen and oxygen atoms in total. The average molecular weight is 324 g/mol. The number of hydrogen-bond donors (Lipinski definition) is 1. The highest BCUT2D eigenvalue weighted by molar-refractivity contribution is 5.98. The van der Waals surface area contributed by atoms with Gasteiger partial charge in [-0.2, -0.15) is 0 Å². The lowest BCUT2D eigenvalue weighted by atomic mass is 10.2. The minimum absolute atomic E-state index is 0.00902. The van der Waals surface area contributed by atoms with Crippen LogP contribution in [0.2, 0.25) is 0 Å². The van der Waals surface area contributed by atoms with Gasteiger partial charge in [0.05, 0.1) is 7.11 Å². The monoisotopic (exact) mass is 324 g/mol. The molecule has 0 bridgehead atoms. The molecule has 1 aliphatic heterocycles. The van der Waals surface area contributed by atoms with Crippen LogP contribution < -0.4 is 10.1 Å². The minimum Gasteiger partial charge on any atom is -0.491 e. The summed E-state index contributed by atoms with van der Waals surface area (Å²) >= 11 is 0. The van der Waals surface area contributed by atoms with Crippen molar-refractivity contribution in [2.24, 2.45) is 5.92 Å². The SMILES string of the molecule is COc1c(F)cc(NC(=O)[C@H]2CCCN2C(=O)C2CC2)cc1F. The van der Waals surface area contributed by atoms with Crippen LogP contribution in [0, 0.1) is 17.6 Å². The smallest absolute Gasteiger partial charge is 0.247 e. The number of nitrogens with one attached hydrogen (secondary N) is 1. The molecule has 1 aliphatic carbocycles. The molecule has 1 N–H and O–H groups in total. The predicted molar refractivity (Wildman–Crippen MR) is 79.0 cm³/mol. The highest BCUT2D eigenvalue weighted by Crippen LogP contribution is 2.34. The third kappa shape index (κ3) is 3.13. The van der Waals surface area contributed by atoms with Gasteiger partial charge >= 0.3 is 0 Å². The number of hydrogen-bond acceptors (Lipinski definition) is 3. The number of carbonyl (C=O) groups excluding carboxylic acids is 2. The van der Waals surface area contributed by atoms with Crippen molar-refractivity contribution in [3.8, 4) is 5.75 Å². The Morgan fingerprint density at radius 1 is 1.22 bits per heavy atom. The van der Waals surface area contributed by atoms with Crippen LogP contribution in [0.15, 0.2) is 12.1 Å². The Morgan fingerprint density at radius 2 is 1.87 bits per heavy atom. The summed E-state index contributed by atoms with van der Waals surface area (Å²) in [5, 5.41) is 2.49. The molecule has 2 aliphatic rings. The van der Waals surface area contributed by atoms with E-state index in [-0.39, 0.29) is 17.5 Å². The molecule has 3 rings (SSSR count). The van der Waals surface area contributed by atoms with E-state index in [9.17, 15) is 18.4 Å². The van der Waals surface area contributed by atoms with Gasteiger partial charge in [-0.3, -0.25) is 9.59 Å². The molecule has 7 heteroatoms. The number of methoxy groups -OCH3 is 1. The van der Waals surface area contributed by atoms with Gasteiger partial charge in [-0.05, 0) is 25.7 Å². The second-order valence-electron chi connectivity index (χ2n) is 5.93. The minimum atomic E-state index is -0.889. The molecule has 2 amide bonds. The van der Waals surface area contributed by atoms with Gasteiger partial charge in [-0.15, -0.1) is 0 Å². The summed E-state index contributed by atoms with van der Waals surface area (Å²) in [7, 11) is 1.17. The Kier molecular flexibility index (Phi) is 4.19. The Balaban J connectivity index is 1.72. The largest absolute Gasteiger partial charge is 0.491 e. The zero-order chi connectivity index (χ0) is 16.6. The molecule has 1 saturated carbocycles. The topological polar surface area (TPSA) is 58.6 Å². The number of halogens is 2. The summed E-state index contributed by atoms with van der Waals surface area (Å²) in [4.78, 5) is 26.1. The molecule has 124 valence electrons. The number of anilines is 1. The third-order valence-corrected chi connectivity index (χ3v) is 4.24. The standard InChI is InChI=1S/C16H18F2N2O3/c1-23-14-11(17)7-10(8-12(14)18)19-15(21)13-3-2-6-20(13)16(22)9-4-5-9/h7-9,13H,2-6H2,1H3,(H,19,21)/t13-/m1/s1. The van der Waals surface area contributed by atoms with E-state index < -0.39 is 29.3 Å². The lowest BCUT2D eigenvalue weighted by Crippen LogP contribution is -2.43. The van der Waals surface area contributed by atoms with Gasteiger partial charge in [0.2, 0.25) is 11.8 Å². The summed E-state index contributed by atoms with van der Waals surface area (Å²) < 4.78 is 32.0. The number of benzene rings is 1. The first-order valence-electron chi connectivity index (χ1n) is 7.65. The predicted octanol–water partition coefficient (Wildman–Crippen LogP) is 2.31. The van der Waals surface area contributed by atoms with Gasteiger partial charge < -0.3 is 15.0 Å². The molecular formula is C16H18F2N2O3. The Bertz CT molecular complexity index is 623. The molecule has 0 spiro atoms. The Hall–Kier alpha value is -2.18. The number of amides is 2. The molecule has 23 heavy (non-hydrogen) atoms. The van der Waals surface area contributed by atoms with Crippen LogP contribution in [0.1, 0.15) is 25.7 Å². The maximum atomic E-state index is 13.7. The fraction of sp³-hybridized carbons (Fsp3) is 0.500. The van der Waals surface area contributed by atoms with Crippen molar-refractivity contribution < 1.29 is 23.1 Å². The number of nitrogens with zero attached hydrogens (tertiary/aromatic N) is 1. The number of rotatable bonds is 4. The van der Waals surface area contributed by atoms with E-state index in [0.717, 1.165) is 31.4 Å². The van der Waals surface area contributed by atoms with Gasteiger partial charge in [0.15, 0.2) is 17.4 Å². The highest BCUT2D eigenvalue weighted by Gasteiger charge is 2.40. The van der Waals surface area contributed by atoms with Crippen molar-refractivity contribution in [1.82, 2.24) is 4.90 Å².